The Labute approximate surface area is 153 Å². The molecule has 0 spiro atoms. The molecule has 0 unspecified atom stereocenters. The van der Waals surface area contributed by atoms with Crippen LogP contribution < -0.4 is 20.1 Å². The van der Waals surface area contributed by atoms with Crippen LogP contribution in [0, 0.1) is 0 Å². The van der Waals surface area contributed by atoms with Crippen molar-refractivity contribution in [1.82, 2.24) is 5.32 Å². The van der Waals surface area contributed by atoms with E-state index in [-0.39, 0.29) is 18.2 Å². The fraction of sp³-hybridized carbons (Fsp3) is 0.300. The van der Waals surface area contributed by atoms with Crippen LogP contribution in [0.5, 0.6) is 11.5 Å². The maximum Gasteiger partial charge on any atom is 0.239 e. The molecule has 0 aromatic heterocycles. The number of anilines is 1. The minimum atomic E-state index is -0.0962. The molecule has 26 heavy (non-hydrogen) atoms. The summed E-state index contributed by atoms with van der Waals surface area (Å²) >= 11 is 0. The zero-order valence-corrected chi connectivity index (χ0v) is 15.3. The largest absolute Gasteiger partial charge is 0.493 e. The van der Waals surface area contributed by atoms with Gasteiger partial charge < -0.3 is 20.1 Å². The van der Waals surface area contributed by atoms with E-state index in [9.17, 15) is 9.59 Å². The fourth-order valence-corrected chi connectivity index (χ4v) is 2.45. The quantitative estimate of drug-likeness (QED) is 0.676. The Hall–Kier alpha value is -3.02. The van der Waals surface area contributed by atoms with Crippen LogP contribution in [-0.4, -0.2) is 39.0 Å². The smallest absolute Gasteiger partial charge is 0.239 e. The lowest BCUT2D eigenvalue weighted by atomic mass is 10.1. The predicted molar refractivity (Wildman–Crippen MR) is 101 cm³/mol. The number of Topliss-reactive ketones (excluding diaryl/α,β-unsaturated/α-hetero) is 1. The van der Waals surface area contributed by atoms with Crippen molar-refractivity contribution in [3.05, 3.63) is 53.6 Å². The Balaban J connectivity index is 1.76. The number of amides is 1. The number of methoxy groups -OCH3 is 2. The summed E-state index contributed by atoms with van der Waals surface area (Å²) in [4.78, 5) is 23.2. The minimum Gasteiger partial charge on any atom is -0.493 e. The summed E-state index contributed by atoms with van der Waals surface area (Å²) in [7, 11) is 3.19. The Morgan fingerprint density at radius 1 is 0.962 bits per heavy atom. The maximum atomic E-state index is 11.9. The molecule has 0 radical (unpaired) electrons. The average molecular weight is 356 g/mol. The monoisotopic (exact) mass is 356 g/mol. The Bertz CT molecular complexity index is 757. The lowest BCUT2D eigenvalue weighted by molar-refractivity contribution is -0.119. The van der Waals surface area contributed by atoms with Gasteiger partial charge in [0.05, 0.1) is 20.8 Å². The molecule has 0 atom stereocenters. The van der Waals surface area contributed by atoms with E-state index >= 15 is 0 Å². The van der Waals surface area contributed by atoms with E-state index in [1.807, 2.05) is 18.2 Å². The highest BCUT2D eigenvalue weighted by atomic mass is 16.5. The molecule has 138 valence electrons. The zero-order chi connectivity index (χ0) is 18.9. The van der Waals surface area contributed by atoms with Crippen LogP contribution in [0.15, 0.2) is 42.5 Å². The maximum absolute atomic E-state index is 11.9. The number of carbonyl (C=O) groups excluding carboxylic acids is 2. The van der Waals surface area contributed by atoms with Gasteiger partial charge in [-0.15, -0.1) is 0 Å². The summed E-state index contributed by atoms with van der Waals surface area (Å²) < 4.78 is 10.5. The molecule has 2 aromatic rings. The third-order valence-corrected chi connectivity index (χ3v) is 3.93. The highest BCUT2D eigenvalue weighted by Gasteiger charge is 2.06. The topological polar surface area (TPSA) is 76.7 Å². The van der Waals surface area contributed by atoms with Crippen molar-refractivity contribution in [2.75, 3.05) is 32.6 Å². The molecule has 2 aromatic carbocycles. The number of hydrogen-bond acceptors (Lipinski definition) is 5. The van der Waals surface area contributed by atoms with E-state index in [1.54, 1.807) is 38.5 Å². The highest BCUT2D eigenvalue weighted by Crippen LogP contribution is 2.27. The molecular weight excluding hydrogens is 332 g/mol. The van der Waals surface area contributed by atoms with Crippen molar-refractivity contribution in [2.24, 2.45) is 0 Å². The lowest BCUT2D eigenvalue weighted by Gasteiger charge is -2.11. The summed E-state index contributed by atoms with van der Waals surface area (Å²) in [6.45, 7) is 2.22. The Morgan fingerprint density at radius 3 is 2.27 bits per heavy atom. The number of ketones is 1. The first-order valence-electron chi connectivity index (χ1n) is 8.36. The van der Waals surface area contributed by atoms with Crippen molar-refractivity contribution in [3.63, 3.8) is 0 Å². The first-order chi connectivity index (χ1) is 12.5. The van der Waals surface area contributed by atoms with Crippen LogP contribution in [0.3, 0.4) is 0 Å². The van der Waals surface area contributed by atoms with E-state index in [4.69, 9.17) is 9.47 Å². The third kappa shape index (κ3) is 5.51. The van der Waals surface area contributed by atoms with Crippen LogP contribution in [0.4, 0.5) is 5.69 Å². The SMILES string of the molecule is COc1ccc(CCNC(=O)CNc2ccc(C(C)=O)cc2)cc1OC. The minimum absolute atomic E-state index is 0.0180. The molecule has 0 heterocycles. The van der Waals surface area contributed by atoms with Crippen molar-refractivity contribution >= 4 is 17.4 Å². The molecule has 0 saturated carbocycles. The molecule has 0 aliphatic heterocycles. The summed E-state index contributed by atoms with van der Waals surface area (Å²) in [5.41, 5.74) is 2.50. The Kier molecular flexibility index (Phi) is 7.02. The van der Waals surface area contributed by atoms with Gasteiger partial charge in [0.2, 0.25) is 5.91 Å². The number of carbonyl (C=O) groups is 2. The molecule has 2 N–H and O–H groups in total. The molecule has 6 nitrogen and oxygen atoms in total. The van der Waals surface area contributed by atoms with Gasteiger partial charge in [-0.05, 0) is 55.3 Å². The van der Waals surface area contributed by atoms with Gasteiger partial charge in [0.15, 0.2) is 17.3 Å². The Morgan fingerprint density at radius 2 is 1.65 bits per heavy atom. The molecule has 0 fully saturated rings. The highest BCUT2D eigenvalue weighted by molar-refractivity contribution is 5.94. The molecule has 0 aliphatic rings. The average Bonchev–Trinajstić information content (AvgIpc) is 2.66. The van der Waals surface area contributed by atoms with Gasteiger partial charge in [-0.1, -0.05) is 6.07 Å². The molecule has 0 aliphatic carbocycles. The molecular formula is C20H24N2O4. The van der Waals surface area contributed by atoms with Crippen molar-refractivity contribution in [1.29, 1.82) is 0 Å². The number of ether oxygens (including phenoxy) is 2. The van der Waals surface area contributed by atoms with Crippen LogP contribution in [0.2, 0.25) is 0 Å². The van der Waals surface area contributed by atoms with Gasteiger partial charge in [-0.25, -0.2) is 0 Å². The summed E-state index contributed by atoms with van der Waals surface area (Å²) in [5, 5.41) is 5.90. The summed E-state index contributed by atoms with van der Waals surface area (Å²) in [5.74, 6) is 1.28. The van der Waals surface area contributed by atoms with Crippen LogP contribution in [0.25, 0.3) is 0 Å². The fourth-order valence-electron chi connectivity index (χ4n) is 2.45. The van der Waals surface area contributed by atoms with Crippen molar-refractivity contribution in [2.45, 2.75) is 13.3 Å². The van der Waals surface area contributed by atoms with E-state index in [1.165, 1.54) is 6.92 Å². The van der Waals surface area contributed by atoms with Crippen molar-refractivity contribution in [3.8, 4) is 11.5 Å². The predicted octanol–water partition coefficient (Wildman–Crippen LogP) is 2.68. The molecule has 1 amide bonds. The van der Waals surface area contributed by atoms with Crippen molar-refractivity contribution < 1.29 is 19.1 Å². The molecule has 6 heteroatoms. The first kappa shape index (κ1) is 19.3. The number of benzene rings is 2. The number of nitrogens with one attached hydrogen (secondary N) is 2. The summed E-state index contributed by atoms with van der Waals surface area (Å²) in [6.07, 6.45) is 0.694. The second kappa shape index (κ2) is 9.46. The van der Waals surface area contributed by atoms with Crippen LogP contribution in [-0.2, 0) is 11.2 Å². The van der Waals surface area contributed by atoms with Crippen LogP contribution >= 0.6 is 0 Å². The number of rotatable bonds is 9. The standard InChI is InChI=1S/C20H24N2O4/c1-14(23)16-5-7-17(8-6-16)22-13-20(24)21-11-10-15-4-9-18(25-2)19(12-15)26-3/h4-9,12,22H,10-11,13H2,1-3H3,(H,21,24). The second-order valence-electron chi connectivity index (χ2n) is 5.78. The van der Waals surface area contributed by atoms with Gasteiger partial charge in [-0.2, -0.15) is 0 Å². The molecule has 0 saturated heterocycles. The van der Waals surface area contributed by atoms with E-state index in [2.05, 4.69) is 10.6 Å². The van der Waals surface area contributed by atoms with Gasteiger partial charge in [0.1, 0.15) is 0 Å². The first-order valence-corrected chi connectivity index (χ1v) is 8.36. The van der Waals surface area contributed by atoms with E-state index in [0.29, 0.717) is 30.0 Å². The lowest BCUT2D eigenvalue weighted by Crippen LogP contribution is -2.31. The van der Waals surface area contributed by atoms with E-state index in [0.717, 1.165) is 11.3 Å². The second-order valence-corrected chi connectivity index (χ2v) is 5.78. The van der Waals surface area contributed by atoms with Crippen LogP contribution in [0.1, 0.15) is 22.8 Å². The van der Waals surface area contributed by atoms with Gasteiger partial charge in [0.25, 0.3) is 0 Å². The molecule has 2 rings (SSSR count). The van der Waals surface area contributed by atoms with Gasteiger partial charge >= 0.3 is 0 Å². The van der Waals surface area contributed by atoms with Gasteiger partial charge in [0, 0.05) is 17.8 Å². The van der Waals surface area contributed by atoms with E-state index < -0.39 is 0 Å². The summed E-state index contributed by atoms with van der Waals surface area (Å²) in [6, 6.07) is 12.7. The zero-order valence-electron chi connectivity index (χ0n) is 15.3. The third-order valence-electron chi connectivity index (χ3n) is 3.93. The number of hydrogen-bond donors (Lipinski definition) is 2. The molecule has 0 bridgehead atoms. The van der Waals surface area contributed by atoms with Gasteiger partial charge in [-0.3, -0.25) is 9.59 Å². The normalized spacial score (nSPS) is 10.1.